The average molecular weight is 406 g/mol. The van der Waals surface area contributed by atoms with Crippen molar-refractivity contribution in [2.45, 2.75) is 58.8 Å². The number of hydrogen-bond donors (Lipinski definition) is 0. The first-order chi connectivity index (χ1) is 13.6. The van der Waals surface area contributed by atoms with Gasteiger partial charge < -0.3 is 9.80 Å². The molecule has 2 saturated heterocycles. The summed E-state index contributed by atoms with van der Waals surface area (Å²) in [7, 11) is 0. The molecule has 2 aliphatic rings. The van der Waals surface area contributed by atoms with E-state index in [0.717, 1.165) is 63.2 Å². The molecule has 0 atom stereocenters. The molecule has 2 amide bonds. The van der Waals surface area contributed by atoms with Crippen LogP contribution >= 0.6 is 11.3 Å². The van der Waals surface area contributed by atoms with Crippen molar-refractivity contribution < 1.29 is 9.59 Å². The minimum atomic E-state index is 0.167. The predicted octanol–water partition coefficient (Wildman–Crippen LogP) is 3.42. The second-order valence-electron chi connectivity index (χ2n) is 8.03. The molecule has 0 aliphatic carbocycles. The topological polar surface area (TPSA) is 43.9 Å². The van der Waals surface area contributed by atoms with Gasteiger partial charge in [0.25, 0.3) is 5.91 Å². The van der Waals surface area contributed by atoms with E-state index in [1.807, 2.05) is 9.80 Å². The number of aryl methyl sites for hydroxylation is 2. The second kappa shape index (κ2) is 10.4. The summed E-state index contributed by atoms with van der Waals surface area (Å²) in [6, 6.07) is 2.10. The standard InChI is InChI=1S/C22H35N3O2S/c1-3-9-19-18(4-2)16-20(28-19)22(27)25-14-12-23(13-15-25)17-21(26)24-10-7-5-6-8-11-24/h16H,3-15,17H2,1-2H3. The zero-order chi connectivity index (χ0) is 19.9. The molecule has 1 aromatic heterocycles. The Morgan fingerprint density at radius 1 is 0.929 bits per heavy atom. The van der Waals surface area contributed by atoms with E-state index in [9.17, 15) is 9.59 Å². The molecule has 0 N–H and O–H groups in total. The van der Waals surface area contributed by atoms with Crippen molar-refractivity contribution >= 4 is 23.2 Å². The van der Waals surface area contributed by atoms with Crippen LogP contribution in [0.3, 0.4) is 0 Å². The van der Waals surface area contributed by atoms with Crippen molar-refractivity contribution in [2.24, 2.45) is 0 Å². The van der Waals surface area contributed by atoms with Gasteiger partial charge in [-0.2, -0.15) is 0 Å². The average Bonchev–Trinajstić information content (AvgIpc) is 2.92. The van der Waals surface area contributed by atoms with Crippen molar-refractivity contribution in [1.82, 2.24) is 14.7 Å². The number of amides is 2. The fourth-order valence-electron chi connectivity index (χ4n) is 4.19. The molecule has 3 heterocycles. The Morgan fingerprint density at radius 3 is 2.21 bits per heavy atom. The van der Waals surface area contributed by atoms with Crippen LogP contribution in [0.4, 0.5) is 0 Å². The van der Waals surface area contributed by atoms with E-state index in [1.165, 1.54) is 23.3 Å². The van der Waals surface area contributed by atoms with E-state index >= 15 is 0 Å². The molecule has 0 spiro atoms. The molecule has 1 aromatic rings. The Labute approximate surface area is 173 Å². The number of carbonyl (C=O) groups excluding carboxylic acids is 2. The highest BCUT2D eigenvalue weighted by Crippen LogP contribution is 2.26. The van der Waals surface area contributed by atoms with Crippen molar-refractivity contribution in [3.8, 4) is 0 Å². The van der Waals surface area contributed by atoms with Crippen molar-refractivity contribution in [2.75, 3.05) is 45.8 Å². The van der Waals surface area contributed by atoms with Gasteiger partial charge in [0.05, 0.1) is 11.4 Å². The fourth-order valence-corrected chi connectivity index (χ4v) is 5.51. The summed E-state index contributed by atoms with van der Waals surface area (Å²) in [6.07, 6.45) is 7.92. The summed E-state index contributed by atoms with van der Waals surface area (Å²) >= 11 is 1.68. The molecule has 6 heteroatoms. The smallest absolute Gasteiger partial charge is 0.264 e. The lowest BCUT2D eigenvalue weighted by molar-refractivity contribution is -0.132. The Morgan fingerprint density at radius 2 is 1.61 bits per heavy atom. The minimum Gasteiger partial charge on any atom is -0.342 e. The third-order valence-corrected chi connectivity index (χ3v) is 7.17. The van der Waals surface area contributed by atoms with Gasteiger partial charge in [0.1, 0.15) is 0 Å². The van der Waals surface area contributed by atoms with Gasteiger partial charge in [0.15, 0.2) is 0 Å². The monoisotopic (exact) mass is 405 g/mol. The van der Waals surface area contributed by atoms with E-state index < -0.39 is 0 Å². The largest absolute Gasteiger partial charge is 0.342 e. The van der Waals surface area contributed by atoms with E-state index in [4.69, 9.17) is 0 Å². The molecule has 5 nitrogen and oxygen atoms in total. The molecule has 3 rings (SSSR count). The van der Waals surface area contributed by atoms with Crippen LogP contribution in [0.5, 0.6) is 0 Å². The van der Waals surface area contributed by atoms with Crippen LogP contribution in [-0.4, -0.2) is 72.3 Å². The van der Waals surface area contributed by atoms with Crippen LogP contribution in [0.2, 0.25) is 0 Å². The number of likely N-dealkylation sites (tertiary alicyclic amines) is 1. The molecular formula is C22H35N3O2S. The van der Waals surface area contributed by atoms with Gasteiger partial charge in [-0.25, -0.2) is 0 Å². The molecule has 0 saturated carbocycles. The molecule has 0 radical (unpaired) electrons. The van der Waals surface area contributed by atoms with Gasteiger partial charge in [0, 0.05) is 44.1 Å². The van der Waals surface area contributed by atoms with Crippen molar-refractivity contribution in [3.05, 3.63) is 21.4 Å². The first kappa shape index (κ1) is 21.3. The number of hydrogen-bond acceptors (Lipinski definition) is 4. The highest BCUT2D eigenvalue weighted by Gasteiger charge is 2.26. The van der Waals surface area contributed by atoms with Gasteiger partial charge in [0.2, 0.25) is 5.91 Å². The fraction of sp³-hybridized carbons (Fsp3) is 0.727. The lowest BCUT2D eigenvalue weighted by Gasteiger charge is -2.35. The third-order valence-electron chi connectivity index (χ3n) is 5.94. The maximum Gasteiger partial charge on any atom is 0.264 e. The summed E-state index contributed by atoms with van der Waals surface area (Å²) in [5.74, 6) is 0.428. The van der Waals surface area contributed by atoms with Crippen LogP contribution in [0, 0.1) is 0 Å². The summed E-state index contributed by atoms with van der Waals surface area (Å²) in [6.45, 7) is 9.69. The highest BCUT2D eigenvalue weighted by atomic mass is 32.1. The molecule has 0 aromatic carbocycles. The molecule has 28 heavy (non-hydrogen) atoms. The van der Waals surface area contributed by atoms with Crippen LogP contribution in [-0.2, 0) is 17.6 Å². The molecule has 156 valence electrons. The Balaban J connectivity index is 1.50. The molecule has 0 bridgehead atoms. The summed E-state index contributed by atoms with van der Waals surface area (Å²) < 4.78 is 0. The number of carbonyl (C=O) groups is 2. The van der Waals surface area contributed by atoms with E-state index in [1.54, 1.807) is 11.3 Å². The number of rotatable bonds is 6. The lowest BCUT2D eigenvalue weighted by Crippen LogP contribution is -2.51. The van der Waals surface area contributed by atoms with Gasteiger partial charge >= 0.3 is 0 Å². The zero-order valence-electron chi connectivity index (χ0n) is 17.5. The van der Waals surface area contributed by atoms with Gasteiger partial charge in [-0.1, -0.05) is 33.1 Å². The zero-order valence-corrected chi connectivity index (χ0v) is 18.4. The van der Waals surface area contributed by atoms with Crippen LogP contribution in [0.1, 0.15) is 66.1 Å². The summed E-state index contributed by atoms with van der Waals surface area (Å²) in [4.78, 5) is 34.0. The third kappa shape index (κ3) is 5.35. The highest BCUT2D eigenvalue weighted by molar-refractivity contribution is 7.14. The Bertz CT molecular complexity index is 657. The van der Waals surface area contributed by atoms with Crippen molar-refractivity contribution in [3.63, 3.8) is 0 Å². The van der Waals surface area contributed by atoms with Gasteiger partial charge in [-0.05, 0) is 37.3 Å². The number of piperazine rings is 1. The first-order valence-electron chi connectivity index (χ1n) is 11.0. The van der Waals surface area contributed by atoms with Gasteiger partial charge in [-0.3, -0.25) is 14.5 Å². The van der Waals surface area contributed by atoms with Crippen LogP contribution < -0.4 is 0 Å². The Hall–Kier alpha value is -1.40. The molecule has 2 fully saturated rings. The first-order valence-corrected chi connectivity index (χ1v) is 11.8. The van der Waals surface area contributed by atoms with E-state index in [0.29, 0.717) is 19.6 Å². The van der Waals surface area contributed by atoms with E-state index in [2.05, 4.69) is 24.8 Å². The number of thiophene rings is 1. The lowest BCUT2D eigenvalue weighted by atomic mass is 10.1. The van der Waals surface area contributed by atoms with Crippen LogP contribution in [0.25, 0.3) is 0 Å². The van der Waals surface area contributed by atoms with Crippen molar-refractivity contribution in [1.29, 1.82) is 0 Å². The quantitative estimate of drug-likeness (QED) is 0.728. The maximum absolute atomic E-state index is 12.9. The normalized spacial score (nSPS) is 18.9. The SMILES string of the molecule is CCCc1sc(C(=O)N2CCN(CC(=O)N3CCCCCC3)CC2)cc1CC. The minimum absolute atomic E-state index is 0.167. The molecule has 2 aliphatic heterocycles. The summed E-state index contributed by atoms with van der Waals surface area (Å²) in [5, 5.41) is 0. The second-order valence-corrected chi connectivity index (χ2v) is 9.16. The molecular weight excluding hydrogens is 370 g/mol. The maximum atomic E-state index is 12.9. The van der Waals surface area contributed by atoms with Crippen LogP contribution in [0.15, 0.2) is 6.07 Å². The number of nitrogens with zero attached hydrogens (tertiary/aromatic N) is 3. The summed E-state index contributed by atoms with van der Waals surface area (Å²) in [5.41, 5.74) is 1.33. The van der Waals surface area contributed by atoms with Gasteiger partial charge in [-0.15, -0.1) is 11.3 Å². The molecule has 0 unspecified atom stereocenters. The van der Waals surface area contributed by atoms with E-state index in [-0.39, 0.29) is 11.8 Å². The predicted molar refractivity (Wildman–Crippen MR) is 115 cm³/mol. The Kier molecular flexibility index (Phi) is 7.91.